The number of benzene rings is 1. The number of hydrogen-bond donors (Lipinski definition) is 2. The Morgan fingerprint density at radius 1 is 1.24 bits per heavy atom. The summed E-state index contributed by atoms with van der Waals surface area (Å²) >= 11 is 0. The van der Waals surface area contributed by atoms with Crippen molar-refractivity contribution in [2.75, 3.05) is 17.6 Å². The molecule has 0 radical (unpaired) electrons. The second-order valence-corrected chi connectivity index (χ2v) is 4.07. The van der Waals surface area contributed by atoms with Crippen molar-refractivity contribution in [2.24, 2.45) is 0 Å². The van der Waals surface area contributed by atoms with Gasteiger partial charge in [0, 0.05) is 24.3 Å². The van der Waals surface area contributed by atoms with Crippen molar-refractivity contribution < 1.29 is 13.2 Å². The lowest BCUT2D eigenvalue weighted by Crippen LogP contribution is -2.08. The van der Waals surface area contributed by atoms with Crippen LogP contribution in [0.15, 0.2) is 18.2 Å². The predicted octanol–water partition coefficient (Wildman–Crippen LogP) is 3.72. The zero-order chi connectivity index (χ0) is 12.9. The SMILES string of the molecule is Cc1cc(NCCCCC(F)(F)F)ccc1N. The molecule has 0 bridgehead atoms. The first-order chi connectivity index (χ1) is 7.88. The summed E-state index contributed by atoms with van der Waals surface area (Å²) in [5, 5.41) is 3.08. The maximum atomic E-state index is 11.9. The molecule has 1 aromatic carbocycles. The van der Waals surface area contributed by atoms with E-state index in [1.807, 2.05) is 19.1 Å². The lowest BCUT2D eigenvalue weighted by molar-refractivity contribution is -0.135. The summed E-state index contributed by atoms with van der Waals surface area (Å²) in [6.45, 7) is 2.43. The molecule has 0 aliphatic rings. The smallest absolute Gasteiger partial charge is 0.389 e. The molecule has 0 atom stereocenters. The van der Waals surface area contributed by atoms with Crippen LogP contribution in [0.1, 0.15) is 24.8 Å². The topological polar surface area (TPSA) is 38.0 Å². The third-order valence-corrected chi connectivity index (χ3v) is 2.49. The Labute approximate surface area is 99.0 Å². The van der Waals surface area contributed by atoms with Crippen LogP contribution in [0.25, 0.3) is 0 Å². The van der Waals surface area contributed by atoms with Gasteiger partial charge < -0.3 is 11.1 Å². The fraction of sp³-hybridized carbons (Fsp3) is 0.500. The Hall–Kier alpha value is -1.39. The molecule has 0 fully saturated rings. The van der Waals surface area contributed by atoms with Gasteiger partial charge in [0.2, 0.25) is 0 Å². The van der Waals surface area contributed by atoms with Gasteiger partial charge in [-0.25, -0.2) is 0 Å². The van der Waals surface area contributed by atoms with Crippen molar-refractivity contribution >= 4 is 11.4 Å². The van der Waals surface area contributed by atoms with E-state index in [9.17, 15) is 13.2 Å². The monoisotopic (exact) mass is 246 g/mol. The van der Waals surface area contributed by atoms with E-state index in [1.54, 1.807) is 6.07 Å². The molecule has 3 N–H and O–H groups in total. The minimum atomic E-state index is -4.04. The number of nitrogens with one attached hydrogen (secondary N) is 1. The fourth-order valence-corrected chi connectivity index (χ4v) is 1.47. The van der Waals surface area contributed by atoms with Gasteiger partial charge in [-0.15, -0.1) is 0 Å². The first kappa shape index (κ1) is 13.7. The Morgan fingerprint density at radius 2 is 1.94 bits per heavy atom. The maximum Gasteiger partial charge on any atom is 0.389 e. The molecule has 5 heteroatoms. The summed E-state index contributed by atoms with van der Waals surface area (Å²) in [6, 6.07) is 5.50. The Morgan fingerprint density at radius 3 is 2.53 bits per heavy atom. The zero-order valence-corrected chi connectivity index (χ0v) is 9.77. The van der Waals surface area contributed by atoms with Crippen LogP contribution in [0.2, 0.25) is 0 Å². The van der Waals surface area contributed by atoms with Gasteiger partial charge in [0.25, 0.3) is 0 Å². The molecule has 17 heavy (non-hydrogen) atoms. The first-order valence-corrected chi connectivity index (χ1v) is 5.55. The third-order valence-electron chi connectivity index (χ3n) is 2.49. The second-order valence-electron chi connectivity index (χ2n) is 4.07. The van der Waals surface area contributed by atoms with Crippen molar-refractivity contribution in [3.8, 4) is 0 Å². The Kier molecular flexibility index (Phi) is 4.66. The van der Waals surface area contributed by atoms with Crippen LogP contribution < -0.4 is 11.1 Å². The van der Waals surface area contributed by atoms with Gasteiger partial charge >= 0.3 is 6.18 Å². The van der Waals surface area contributed by atoms with Gasteiger partial charge in [-0.3, -0.25) is 0 Å². The molecule has 0 heterocycles. The molecule has 0 aliphatic heterocycles. The van der Waals surface area contributed by atoms with Crippen LogP contribution in [0.5, 0.6) is 0 Å². The van der Waals surface area contributed by atoms with Gasteiger partial charge in [0.15, 0.2) is 0 Å². The third kappa shape index (κ3) is 5.47. The van der Waals surface area contributed by atoms with E-state index in [1.165, 1.54) is 0 Å². The van der Waals surface area contributed by atoms with Crippen LogP contribution >= 0.6 is 0 Å². The van der Waals surface area contributed by atoms with Crippen molar-refractivity contribution in [1.82, 2.24) is 0 Å². The summed E-state index contributed by atoms with van der Waals surface area (Å²) in [4.78, 5) is 0. The molecule has 0 saturated heterocycles. The van der Waals surface area contributed by atoms with Gasteiger partial charge in [0.1, 0.15) is 0 Å². The van der Waals surface area contributed by atoms with Gasteiger partial charge in [-0.1, -0.05) is 0 Å². The number of aryl methyl sites for hydroxylation is 1. The molecule has 96 valence electrons. The maximum absolute atomic E-state index is 11.9. The van der Waals surface area contributed by atoms with Crippen LogP contribution in [-0.4, -0.2) is 12.7 Å². The molecule has 1 aromatic rings. The lowest BCUT2D eigenvalue weighted by Gasteiger charge is -2.09. The number of halogens is 3. The van der Waals surface area contributed by atoms with Crippen molar-refractivity contribution in [1.29, 1.82) is 0 Å². The van der Waals surface area contributed by atoms with Gasteiger partial charge in [-0.2, -0.15) is 13.2 Å². The van der Waals surface area contributed by atoms with E-state index >= 15 is 0 Å². The summed E-state index contributed by atoms with van der Waals surface area (Å²) in [5.74, 6) is 0. The van der Waals surface area contributed by atoms with E-state index in [2.05, 4.69) is 5.32 Å². The molecular weight excluding hydrogens is 229 g/mol. The quantitative estimate of drug-likeness (QED) is 0.613. The normalized spacial score (nSPS) is 11.5. The average Bonchev–Trinajstić information content (AvgIpc) is 2.21. The highest BCUT2D eigenvalue weighted by atomic mass is 19.4. The highest BCUT2D eigenvalue weighted by Crippen LogP contribution is 2.22. The number of unbranched alkanes of at least 4 members (excludes halogenated alkanes) is 1. The number of rotatable bonds is 5. The summed E-state index contributed by atoms with van der Waals surface area (Å²) in [7, 11) is 0. The highest BCUT2D eigenvalue weighted by molar-refractivity contribution is 5.56. The molecule has 0 unspecified atom stereocenters. The van der Waals surface area contributed by atoms with Crippen LogP contribution in [-0.2, 0) is 0 Å². The van der Waals surface area contributed by atoms with Crippen molar-refractivity contribution in [2.45, 2.75) is 32.4 Å². The summed E-state index contributed by atoms with van der Waals surface area (Å²) < 4.78 is 35.6. The van der Waals surface area contributed by atoms with E-state index in [-0.39, 0.29) is 6.42 Å². The first-order valence-electron chi connectivity index (χ1n) is 5.55. The lowest BCUT2D eigenvalue weighted by atomic mass is 10.2. The average molecular weight is 246 g/mol. The molecule has 2 nitrogen and oxygen atoms in total. The van der Waals surface area contributed by atoms with Crippen molar-refractivity contribution in [3.63, 3.8) is 0 Å². The molecule has 0 amide bonds. The number of anilines is 2. The van der Waals surface area contributed by atoms with Gasteiger partial charge in [-0.05, 0) is 43.5 Å². The molecule has 0 spiro atoms. The molecule has 1 rings (SSSR count). The minimum Gasteiger partial charge on any atom is -0.399 e. The highest BCUT2D eigenvalue weighted by Gasteiger charge is 2.25. The van der Waals surface area contributed by atoms with Gasteiger partial charge in [0.05, 0.1) is 0 Å². The molecular formula is C12H17F3N2. The molecule has 0 aromatic heterocycles. The van der Waals surface area contributed by atoms with E-state index in [4.69, 9.17) is 5.73 Å². The zero-order valence-electron chi connectivity index (χ0n) is 9.77. The number of alkyl halides is 3. The number of nitrogens with two attached hydrogens (primary N) is 1. The van der Waals surface area contributed by atoms with Crippen LogP contribution in [0.4, 0.5) is 24.5 Å². The number of nitrogen functional groups attached to an aromatic ring is 1. The van der Waals surface area contributed by atoms with Crippen LogP contribution in [0.3, 0.4) is 0 Å². The predicted molar refractivity (Wildman–Crippen MR) is 64.0 cm³/mol. The standard InChI is InChI=1S/C12H17F3N2/c1-9-8-10(4-5-11(9)16)17-7-3-2-6-12(13,14)15/h4-5,8,17H,2-3,6-7,16H2,1H3. The van der Waals surface area contributed by atoms with E-state index in [0.29, 0.717) is 18.7 Å². The Bertz CT molecular complexity index is 361. The van der Waals surface area contributed by atoms with E-state index in [0.717, 1.165) is 11.3 Å². The fourth-order valence-electron chi connectivity index (χ4n) is 1.47. The van der Waals surface area contributed by atoms with E-state index < -0.39 is 12.6 Å². The van der Waals surface area contributed by atoms with Crippen LogP contribution in [0, 0.1) is 6.92 Å². The largest absolute Gasteiger partial charge is 0.399 e. The second kappa shape index (κ2) is 5.80. The molecule has 0 saturated carbocycles. The summed E-state index contributed by atoms with van der Waals surface area (Å²) in [5.41, 5.74) is 8.23. The number of hydrogen-bond acceptors (Lipinski definition) is 2. The Balaban J connectivity index is 2.25. The minimum absolute atomic E-state index is 0.157. The summed E-state index contributed by atoms with van der Waals surface area (Å²) in [6.07, 6.45) is -4.10. The van der Waals surface area contributed by atoms with Crippen molar-refractivity contribution in [3.05, 3.63) is 23.8 Å². The molecule has 0 aliphatic carbocycles.